The molecule has 0 aliphatic heterocycles. The van der Waals surface area contributed by atoms with Crippen LogP contribution in [0.5, 0.6) is 0 Å². The minimum absolute atomic E-state index is 0. The standard InChI is InChI=1S/C27H24N4O2.C15H17NO.C12H9N3O2.C12H22NSi2.C9H10O.C4H9N.BrH.Mg/c1-17-11-12-18(2)24(13-17)26(32)20-7-5-9-22(15-20)29-27(33)25-14-19(3)30-31(25)23-10-6-8-21(16-23)28-4;1-10-6-7-11(2)14(8-10)15(17)12-4-3-5-13(16)9-12;1-8-5-11(12(16)17)15(14-8)10-4-2-3-9(6-10)7-13;1-14(2,3)13(15(4,5)6)12-10-8-7-9-11-12;1-7-3-4-8(2)9(5-7)6-10;5-3-4-1-2-4;;/h5-16,26,32H,1-3H3,(H,29,33);3-9,15,17H,16H2,1-2H3;2-6H,1H3,(H,16,17);7-8,10-11H,1-6H3;3-6H,1-2H3;4H,1-3,5H2;1H;/q;;;-1;;;;+2/p-1. The van der Waals surface area contributed by atoms with Gasteiger partial charge >= 0.3 is 29.0 Å². The van der Waals surface area contributed by atoms with Crippen molar-refractivity contribution >= 4 is 80.4 Å². The van der Waals surface area contributed by atoms with E-state index in [4.69, 9.17) is 28.4 Å². The average molecular weight is 1440 g/mol. The number of carbonyl (C=O) groups excluding carboxylic acids is 2. The van der Waals surface area contributed by atoms with Crippen molar-refractivity contribution in [2.75, 3.05) is 21.8 Å². The second kappa shape index (κ2) is 38.3. The van der Waals surface area contributed by atoms with E-state index in [1.54, 1.807) is 79.7 Å². The van der Waals surface area contributed by atoms with Gasteiger partial charge in [0.05, 0.1) is 41.0 Å². The van der Waals surface area contributed by atoms with Gasteiger partial charge in [0.1, 0.15) is 40.7 Å². The number of nitrogens with two attached hydrogens (primary N) is 2. The first-order chi connectivity index (χ1) is 45.9. The molecule has 1 aliphatic rings. The van der Waals surface area contributed by atoms with Crippen LogP contribution in [-0.4, -0.2) is 99.1 Å². The molecule has 1 saturated carbocycles. The van der Waals surface area contributed by atoms with Crippen LogP contribution < -0.4 is 38.0 Å². The predicted octanol–water partition coefficient (Wildman–Crippen LogP) is 13.5. The van der Waals surface area contributed by atoms with Crippen molar-refractivity contribution in [1.29, 1.82) is 5.26 Å². The summed E-state index contributed by atoms with van der Waals surface area (Å²) in [4.78, 5) is 38.0. The summed E-state index contributed by atoms with van der Waals surface area (Å²) in [5.74, 6) is -0.467. The molecule has 20 heteroatoms. The number of aromatic carboxylic acids is 1. The van der Waals surface area contributed by atoms with Crippen LogP contribution in [0.2, 0.25) is 39.3 Å². The van der Waals surface area contributed by atoms with Crippen molar-refractivity contribution in [1.82, 2.24) is 19.6 Å². The van der Waals surface area contributed by atoms with Crippen molar-refractivity contribution in [3.63, 3.8) is 0 Å². The first kappa shape index (κ1) is 82.4. The molecule has 1 amide bonds. The number of aryl methyl sites for hydroxylation is 8. The Morgan fingerprint density at radius 1 is 0.677 bits per heavy atom. The number of aliphatic hydroxyl groups is 2. The monoisotopic (exact) mass is 1430 g/mol. The fourth-order valence-electron chi connectivity index (χ4n) is 10.8. The van der Waals surface area contributed by atoms with Gasteiger partial charge in [0.15, 0.2) is 11.4 Å². The van der Waals surface area contributed by atoms with Crippen molar-refractivity contribution in [2.24, 2.45) is 11.7 Å². The Labute approximate surface area is 613 Å². The molecular formula is C79H91BrMgN10O6Si2. The Bertz CT molecular complexity index is 4400. The number of carboxylic acids is 1. The molecule has 0 radical (unpaired) electrons. The quantitative estimate of drug-likeness (QED) is 0.0258. The second-order valence-electron chi connectivity index (χ2n) is 26.1. The van der Waals surface area contributed by atoms with Crippen LogP contribution in [0.15, 0.2) is 188 Å². The van der Waals surface area contributed by atoms with Crippen molar-refractivity contribution < 1.29 is 46.7 Å². The summed E-state index contributed by atoms with van der Waals surface area (Å²) in [6.45, 7) is 38.1. The van der Waals surface area contributed by atoms with Crippen LogP contribution in [0, 0.1) is 85.3 Å². The fraction of sp³-hybridized carbons (Fsp3) is 0.253. The zero-order valence-electron chi connectivity index (χ0n) is 59.3. The third-order valence-corrected chi connectivity index (χ3v) is 22.8. The normalized spacial score (nSPS) is 11.7. The van der Waals surface area contributed by atoms with Gasteiger partial charge in [0.2, 0.25) is 0 Å². The number of nitriles is 1. The first-order valence-corrected chi connectivity index (χ1v) is 39.0. The molecule has 1 aliphatic carbocycles. The third kappa shape index (κ3) is 24.7. The molecule has 10 aromatic rings. The number of amides is 1. The fourth-order valence-corrected chi connectivity index (χ4v) is 20.7. The molecule has 0 saturated heterocycles. The van der Waals surface area contributed by atoms with E-state index in [9.17, 15) is 24.6 Å². The number of carboxylic acid groups (broad SMARTS) is 1. The Balaban J connectivity index is 0.000000271. The molecule has 16 nitrogen and oxygen atoms in total. The molecule has 2 aromatic heterocycles. The van der Waals surface area contributed by atoms with Gasteiger partial charge in [-0.1, -0.05) is 153 Å². The number of hydrogen-bond acceptors (Lipinski definition) is 11. The Morgan fingerprint density at radius 3 is 1.66 bits per heavy atom. The largest absolute Gasteiger partial charge is 2.00 e. The molecule has 11 rings (SSSR count). The van der Waals surface area contributed by atoms with Gasteiger partial charge < -0.3 is 53.3 Å². The average Bonchev–Trinajstić information content (AvgIpc) is 1.35. The van der Waals surface area contributed by atoms with Gasteiger partial charge in [-0.15, -0.1) is 0 Å². The van der Waals surface area contributed by atoms with E-state index < -0.39 is 34.6 Å². The molecule has 8 N–H and O–H groups in total. The third-order valence-electron chi connectivity index (χ3n) is 15.6. The minimum atomic E-state index is -1.29. The number of benzene rings is 8. The number of aldehydes is 1. The molecule has 2 heterocycles. The van der Waals surface area contributed by atoms with E-state index in [0.29, 0.717) is 56.6 Å². The molecule has 0 bridgehead atoms. The second-order valence-corrected chi connectivity index (χ2v) is 36.2. The zero-order chi connectivity index (χ0) is 71.3. The number of nitrogens with one attached hydrogen (secondary N) is 1. The summed E-state index contributed by atoms with van der Waals surface area (Å²) in [7, 11) is -2.58. The van der Waals surface area contributed by atoms with Crippen molar-refractivity contribution in [3.8, 4) is 17.4 Å². The first-order valence-electron chi connectivity index (χ1n) is 32.1. The maximum absolute atomic E-state index is 13.1. The summed E-state index contributed by atoms with van der Waals surface area (Å²) in [6, 6.07) is 62.9. The SMILES string of the molecule is C[Si](C)(C)N(c1c[c-]ccc1)[Si](C)(C)C.Cc1cc(C(=O)O)n(-c2cccc(C#N)c2)n1.Cc1ccc(C)c(C(O)c2cccc(N)c2)c1.Cc1ccc(C)c(C=O)c1.NCC1CC1.[Br-].[C-]#[N+]c1cccc(-n2nc(C)cc2C(=O)Nc2cccc(C(O)c3cc(C)ccc3C)c2)c1.[Mg+2]. The van der Waals surface area contributed by atoms with E-state index in [0.717, 1.165) is 74.4 Å². The number of nitrogens with zero attached hydrogens (tertiary/aromatic N) is 7. The van der Waals surface area contributed by atoms with Crippen LogP contribution in [0.4, 0.5) is 22.7 Å². The molecule has 8 aromatic carbocycles. The Morgan fingerprint density at radius 2 is 1.18 bits per heavy atom. The molecular weight excluding hydrogens is 1350 g/mol. The number of rotatable bonds is 14. The van der Waals surface area contributed by atoms with Gasteiger partial charge in [-0.25, -0.2) is 19.0 Å². The maximum atomic E-state index is 13.1. The molecule has 510 valence electrons. The van der Waals surface area contributed by atoms with E-state index in [-0.39, 0.29) is 51.6 Å². The number of aromatic nitrogens is 4. The van der Waals surface area contributed by atoms with Gasteiger partial charge in [-0.3, -0.25) is 9.59 Å². The Hall–Kier alpha value is -9.07. The van der Waals surface area contributed by atoms with E-state index in [2.05, 4.69) is 88.1 Å². The number of carbonyl (C=O) groups is 3. The van der Waals surface area contributed by atoms with Gasteiger partial charge in [-0.2, -0.15) is 45.8 Å². The smallest absolute Gasteiger partial charge is 1.00 e. The number of nitrogen functional groups attached to an aromatic ring is 1. The van der Waals surface area contributed by atoms with E-state index >= 15 is 0 Å². The number of hydrogen-bond donors (Lipinski definition) is 6. The minimum Gasteiger partial charge on any atom is -1.00 e. The number of anilines is 3. The summed E-state index contributed by atoms with van der Waals surface area (Å²) in [6.07, 6.45) is 2.25. The van der Waals surface area contributed by atoms with E-state index in [1.165, 1.54) is 34.0 Å². The molecule has 2 unspecified atom stereocenters. The topological polar surface area (TPSA) is 243 Å². The zero-order valence-corrected chi connectivity index (χ0v) is 64.3. The van der Waals surface area contributed by atoms with Crippen LogP contribution >= 0.6 is 0 Å². The summed E-state index contributed by atoms with van der Waals surface area (Å²) < 4.78 is 5.56. The van der Waals surface area contributed by atoms with Crippen LogP contribution in [0.25, 0.3) is 16.2 Å². The van der Waals surface area contributed by atoms with Crippen LogP contribution in [0.1, 0.15) is 129 Å². The summed E-state index contributed by atoms with van der Waals surface area (Å²) in [5.41, 5.74) is 28.0. The van der Waals surface area contributed by atoms with Gasteiger partial charge in [0.25, 0.3) is 5.91 Å². The molecule has 1 fully saturated rings. The number of halogens is 1. The van der Waals surface area contributed by atoms with Gasteiger partial charge in [0, 0.05) is 16.9 Å². The van der Waals surface area contributed by atoms with Crippen LogP contribution in [0.3, 0.4) is 0 Å². The summed E-state index contributed by atoms with van der Waals surface area (Å²) >= 11 is 0. The Kier molecular flexibility index (Phi) is 31.9. The predicted molar refractivity (Wildman–Crippen MR) is 403 cm³/mol. The van der Waals surface area contributed by atoms with E-state index in [1.807, 2.05) is 146 Å². The number of aliphatic hydroxyl groups excluding tert-OH is 2. The van der Waals surface area contributed by atoms with Crippen LogP contribution in [-0.2, 0) is 0 Å². The summed E-state index contributed by atoms with van der Waals surface area (Å²) in [5, 5.41) is 50.6. The molecule has 2 atom stereocenters. The molecule has 0 spiro atoms. The maximum Gasteiger partial charge on any atom is 2.00 e. The van der Waals surface area contributed by atoms with Crippen molar-refractivity contribution in [2.45, 2.75) is 120 Å². The van der Waals surface area contributed by atoms with Gasteiger partial charge in [-0.05, 0) is 192 Å². The van der Waals surface area contributed by atoms with Crippen molar-refractivity contribution in [3.05, 3.63) is 295 Å². The molecule has 99 heavy (non-hydrogen) atoms.